The van der Waals surface area contributed by atoms with Crippen molar-refractivity contribution in [2.75, 3.05) is 18.4 Å². The number of rotatable bonds is 9. The van der Waals surface area contributed by atoms with Gasteiger partial charge in [-0.15, -0.1) is 0 Å². The fraction of sp³-hybridized carbons (Fsp3) is 0.261. The molecule has 0 saturated heterocycles. The van der Waals surface area contributed by atoms with Crippen molar-refractivity contribution >= 4 is 38.5 Å². The lowest BCUT2D eigenvalue weighted by Crippen LogP contribution is -2.20. The number of thiazole rings is 1. The van der Waals surface area contributed by atoms with Gasteiger partial charge in [-0.05, 0) is 31.2 Å². The number of aryl methyl sites for hydroxylation is 1. The van der Waals surface area contributed by atoms with E-state index in [1.807, 2.05) is 31.2 Å². The number of imidazole rings is 1. The van der Waals surface area contributed by atoms with Gasteiger partial charge in [0.1, 0.15) is 27.8 Å². The van der Waals surface area contributed by atoms with E-state index in [0.717, 1.165) is 52.6 Å². The van der Waals surface area contributed by atoms with Gasteiger partial charge in [-0.3, -0.25) is 4.98 Å². The SMILES string of the molecule is Cc1nc(NCc2ncccc2F)c2nc(CCNCCc3nc4ccccc4[nH]3)sc2n1. The average Bonchev–Trinajstić information content (AvgIpc) is 3.41. The van der Waals surface area contributed by atoms with Crippen LogP contribution in [0.2, 0.25) is 0 Å². The zero-order valence-corrected chi connectivity index (χ0v) is 18.9. The number of hydrogen-bond donors (Lipinski definition) is 3. The molecule has 168 valence electrons. The van der Waals surface area contributed by atoms with Crippen LogP contribution in [0.25, 0.3) is 21.4 Å². The number of nitrogens with one attached hydrogen (secondary N) is 3. The number of H-pyrrole nitrogens is 1. The molecular formula is C23H23FN8S. The predicted octanol–water partition coefficient (Wildman–Crippen LogP) is 3.79. The van der Waals surface area contributed by atoms with E-state index in [0.29, 0.717) is 22.9 Å². The Morgan fingerprint density at radius 3 is 2.76 bits per heavy atom. The van der Waals surface area contributed by atoms with Crippen LogP contribution >= 0.6 is 11.3 Å². The summed E-state index contributed by atoms with van der Waals surface area (Å²) in [5.74, 6) is 1.88. The van der Waals surface area contributed by atoms with Crippen LogP contribution in [0.1, 0.15) is 22.4 Å². The maximum Gasteiger partial charge on any atom is 0.157 e. The van der Waals surface area contributed by atoms with Gasteiger partial charge in [0.15, 0.2) is 5.82 Å². The van der Waals surface area contributed by atoms with Crippen LogP contribution in [0, 0.1) is 12.7 Å². The molecule has 5 aromatic rings. The number of anilines is 1. The molecule has 0 aliphatic rings. The summed E-state index contributed by atoms with van der Waals surface area (Å²) in [6.45, 7) is 3.69. The number of hydrogen-bond acceptors (Lipinski definition) is 8. The van der Waals surface area contributed by atoms with Crippen LogP contribution < -0.4 is 10.6 Å². The quantitative estimate of drug-likeness (QED) is 0.286. The Morgan fingerprint density at radius 2 is 1.88 bits per heavy atom. The first-order chi connectivity index (χ1) is 16.2. The van der Waals surface area contributed by atoms with E-state index in [4.69, 9.17) is 4.98 Å². The summed E-state index contributed by atoms with van der Waals surface area (Å²) in [6, 6.07) is 11.0. The first kappa shape index (κ1) is 21.4. The molecule has 0 fully saturated rings. The van der Waals surface area contributed by atoms with Gasteiger partial charge >= 0.3 is 0 Å². The van der Waals surface area contributed by atoms with Gasteiger partial charge in [-0.2, -0.15) is 0 Å². The summed E-state index contributed by atoms with van der Waals surface area (Å²) in [7, 11) is 0. The molecule has 10 heteroatoms. The molecule has 4 heterocycles. The van der Waals surface area contributed by atoms with E-state index >= 15 is 0 Å². The van der Waals surface area contributed by atoms with Crippen LogP contribution in [0.15, 0.2) is 42.6 Å². The van der Waals surface area contributed by atoms with Crippen LogP contribution in [0.4, 0.5) is 10.2 Å². The molecule has 0 aliphatic heterocycles. The molecule has 3 N–H and O–H groups in total. The van der Waals surface area contributed by atoms with Gasteiger partial charge in [-0.1, -0.05) is 23.5 Å². The molecule has 0 radical (unpaired) electrons. The topological polar surface area (TPSA) is 104 Å². The second-order valence-corrected chi connectivity index (χ2v) is 8.68. The highest BCUT2D eigenvalue weighted by molar-refractivity contribution is 7.18. The Labute approximate surface area is 193 Å². The van der Waals surface area contributed by atoms with Crippen LogP contribution in [0.5, 0.6) is 0 Å². The van der Waals surface area contributed by atoms with E-state index in [2.05, 4.69) is 35.6 Å². The molecule has 0 aliphatic carbocycles. The number of aromatic amines is 1. The van der Waals surface area contributed by atoms with Crippen LogP contribution in [-0.4, -0.2) is 43.0 Å². The number of pyridine rings is 1. The Morgan fingerprint density at radius 1 is 1.00 bits per heavy atom. The molecule has 0 atom stereocenters. The fourth-order valence-corrected chi connectivity index (χ4v) is 4.55. The first-order valence-corrected chi connectivity index (χ1v) is 11.6. The fourth-order valence-electron chi connectivity index (χ4n) is 3.57. The maximum absolute atomic E-state index is 13.9. The van der Waals surface area contributed by atoms with Crippen LogP contribution in [0.3, 0.4) is 0 Å². The third kappa shape index (κ3) is 4.96. The lowest BCUT2D eigenvalue weighted by molar-refractivity contribution is 0.602. The Kier molecular flexibility index (Phi) is 6.18. The second-order valence-electron chi connectivity index (χ2n) is 7.62. The van der Waals surface area contributed by atoms with E-state index in [9.17, 15) is 4.39 Å². The lowest BCUT2D eigenvalue weighted by atomic mass is 10.3. The molecule has 8 nitrogen and oxygen atoms in total. The zero-order chi connectivity index (χ0) is 22.6. The zero-order valence-electron chi connectivity index (χ0n) is 18.1. The van der Waals surface area contributed by atoms with Crippen molar-refractivity contribution in [3.05, 3.63) is 70.8 Å². The number of halogens is 1. The molecule has 5 rings (SSSR count). The molecule has 0 unspecified atom stereocenters. The average molecular weight is 463 g/mol. The third-order valence-electron chi connectivity index (χ3n) is 5.17. The molecule has 0 spiro atoms. The highest BCUT2D eigenvalue weighted by atomic mass is 32.1. The summed E-state index contributed by atoms with van der Waals surface area (Å²) < 4.78 is 13.9. The van der Waals surface area contributed by atoms with Gasteiger partial charge in [0.25, 0.3) is 0 Å². The Hall–Kier alpha value is -3.50. The van der Waals surface area contributed by atoms with Gasteiger partial charge in [-0.25, -0.2) is 24.3 Å². The van der Waals surface area contributed by atoms with E-state index in [1.165, 1.54) is 6.07 Å². The number of para-hydroxylation sites is 2. The molecular weight excluding hydrogens is 439 g/mol. The summed E-state index contributed by atoms with van der Waals surface area (Å²) in [5, 5.41) is 7.60. The summed E-state index contributed by atoms with van der Waals surface area (Å²) in [5.41, 5.74) is 3.10. The van der Waals surface area contributed by atoms with Gasteiger partial charge in [0.05, 0.1) is 28.3 Å². The minimum atomic E-state index is -0.347. The third-order valence-corrected chi connectivity index (χ3v) is 6.17. The van der Waals surface area contributed by atoms with E-state index < -0.39 is 0 Å². The monoisotopic (exact) mass is 462 g/mol. The number of nitrogens with zero attached hydrogens (tertiary/aromatic N) is 5. The number of benzene rings is 1. The van der Waals surface area contributed by atoms with Crippen molar-refractivity contribution in [3.63, 3.8) is 0 Å². The smallest absolute Gasteiger partial charge is 0.157 e. The molecule has 0 saturated carbocycles. The molecule has 4 aromatic heterocycles. The van der Waals surface area contributed by atoms with E-state index in [1.54, 1.807) is 23.6 Å². The van der Waals surface area contributed by atoms with Crippen molar-refractivity contribution < 1.29 is 4.39 Å². The largest absolute Gasteiger partial charge is 0.362 e. The molecule has 0 amide bonds. The number of aromatic nitrogens is 6. The van der Waals surface area contributed by atoms with Crippen molar-refractivity contribution in [1.29, 1.82) is 0 Å². The minimum Gasteiger partial charge on any atom is -0.362 e. The summed E-state index contributed by atoms with van der Waals surface area (Å²) in [6.07, 6.45) is 3.19. The summed E-state index contributed by atoms with van der Waals surface area (Å²) >= 11 is 1.56. The van der Waals surface area contributed by atoms with Crippen molar-refractivity contribution in [2.24, 2.45) is 0 Å². The molecule has 0 bridgehead atoms. The van der Waals surface area contributed by atoms with Crippen molar-refractivity contribution in [3.8, 4) is 0 Å². The minimum absolute atomic E-state index is 0.231. The van der Waals surface area contributed by atoms with Crippen molar-refractivity contribution in [1.82, 2.24) is 35.2 Å². The van der Waals surface area contributed by atoms with E-state index in [-0.39, 0.29) is 12.4 Å². The van der Waals surface area contributed by atoms with Crippen LogP contribution in [-0.2, 0) is 19.4 Å². The first-order valence-electron chi connectivity index (χ1n) is 10.8. The maximum atomic E-state index is 13.9. The van der Waals surface area contributed by atoms with Crippen molar-refractivity contribution in [2.45, 2.75) is 26.3 Å². The highest BCUT2D eigenvalue weighted by Crippen LogP contribution is 2.26. The van der Waals surface area contributed by atoms with Gasteiger partial charge in [0.2, 0.25) is 0 Å². The van der Waals surface area contributed by atoms with Gasteiger partial charge < -0.3 is 15.6 Å². The van der Waals surface area contributed by atoms with Gasteiger partial charge in [0, 0.05) is 32.1 Å². The molecule has 33 heavy (non-hydrogen) atoms. The lowest BCUT2D eigenvalue weighted by Gasteiger charge is -2.07. The number of fused-ring (bicyclic) bond motifs is 2. The summed E-state index contributed by atoms with van der Waals surface area (Å²) in [4.78, 5) is 26.6. The Balaban J connectivity index is 1.18. The standard InChI is InChI=1S/C23H23FN8S/c1-14-28-22(27-13-18-15(24)5-4-10-26-18)21-23(29-14)33-20(32-21)9-12-25-11-8-19-30-16-6-2-3-7-17(16)31-19/h2-7,10,25H,8-9,11-13H2,1H3,(H,30,31)(H,27,28,29). The molecule has 1 aromatic carbocycles. The normalized spacial score (nSPS) is 11.5. The highest BCUT2D eigenvalue weighted by Gasteiger charge is 2.13. The Bertz CT molecular complexity index is 1360. The predicted molar refractivity (Wildman–Crippen MR) is 128 cm³/mol. The second kappa shape index (κ2) is 9.55.